The molecule has 4 aromatic rings. The molecule has 0 unspecified atom stereocenters. The lowest BCUT2D eigenvalue weighted by atomic mass is 9.97. The lowest BCUT2D eigenvalue weighted by Gasteiger charge is -2.30. The summed E-state index contributed by atoms with van der Waals surface area (Å²) < 4.78 is 33.4. The zero-order valence-electron chi connectivity index (χ0n) is 18.4. The van der Waals surface area contributed by atoms with Crippen molar-refractivity contribution in [1.29, 1.82) is 0 Å². The minimum absolute atomic E-state index is 0.199. The van der Waals surface area contributed by atoms with Gasteiger partial charge in [-0.25, -0.2) is 23.7 Å². The minimum atomic E-state index is -0.822. The number of oxazole rings is 1. The first kappa shape index (κ1) is 22.1. The molecule has 2 aliphatic rings. The van der Waals surface area contributed by atoms with Gasteiger partial charge in [0.25, 0.3) is 5.91 Å². The van der Waals surface area contributed by atoms with Gasteiger partial charge in [0, 0.05) is 18.5 Å². The Hall–Kier alpha value is -3.44. The monoisotopic (exact) mass is 511 g/mol. The van der Waals surface area contributed by atoms with Crippen LogP contribution >= 0.6 is 22.7 Å². The van der Waals surface area contributed by atoms with Gasteiger partial charge in [-0.05, 0) is 43.4 Å². The van der Waals surface area contributed by atoms with Gasteiger partial charge in [0.15, 0.2) is 22.3 Å². The molecule has 3 aromatic heterocycles. The predicted octanol–water partition coefficient (Wildman–Crippen LogP) is 5.79. The molecule has 0 saturated carbocycles. The van der Waals surface area contributed by atoms with E-state index in [0.717, 1.165) is 65.8 Å². The van der Waals surface area contributed by atoms with Crippen LogP contribution in [0.15, 0.2) is 46.2 Å². The molecule has 0 saturated heterocycles. The number of hydrogen-bond acceptors (Lipinski definition) is 8. The van der Waals surface area contributed by atoms with Crippen molar-refractivity contribution in [2.24, 2.45) is 0 Å². The molecule has 6 rings (SSSR count). The van der Waals surface area contributed by atoms with Gasteiger partial charge in [-0.1, -0.05) is 11.6 Å². The largest absolute Gasteiger partial charge is 0.442 e. The number of aryl methyl sites for hydroxylation is 1. The summed E-state index contributed by atoms with van der Waals surface area (Å²) in [7, 11) is 0. The number of benzene rings is 1. The van der Waals surface area contributed by atoms with Crippen LogP contribution in [0.1, 0.15) is 39.6 Å². The molecule has 0 fully saturated rings. The summed E-state index contributed by atoms with van der Waals surface area (Å²) in [6.45, 7) is 1.52. The van der Waals surface area contributed by atoms with Gasteiger partial charge in [-0.15, -0.1) is 22.7 Å². The van der Waals surface area contributed by atoms with Crippen LogP contribution in [0, 0.1) is 11.6 Å². The van der Waals surface area contributed by atoms with Crippen molar-refractivity contribution in [3.63, 3.8) is 0 Å². The fraction of sp³-hybridized carbons (Fsp3) is 0.250. The van der Waals surface area contributed by atoms with Crippen LogP contribution < -0.4 is 10.2 Å². The third kappa shape index (κ3) is 4.14. The van der Waals surface area contributed by atoms with Gasteiger partial charge in [-0.2, -0.15) is 0 Å². The summed E-state index contributed by atoms with van der Waals surface area (Å²) in [5.74, 6) is -1.63. The number of rotatable bonds is 4. The summed E-state index contributed by atoms with van der Waals surface area (Å²) in [6, 6.07) is 3.47. The second-order valence-corrected chi connectivity index (χ2v) is 10.2. The van der Waals surface area contributed by atoms with E-state index in [1.807, 2.05) is 5.38 Å². The van der Waals surface area contributed by atoms with Crippen LogP contribution in [-0.2, 0) is 6.42 Å². The summed E-state index contributed by atoms with van der Waals surface area (Å²) in [6.07, 6.45) is 6.64. The third-order valence-corrected chi connectivity index (χ3v) is 8.22. The molecule has 0 bridgehead atoms. The number of carbonyl (C=O) groups excluding carboxylic acids is 1. The second-order valence-electron chi connectivity index (χ2n) is 8.33. The number of para-hydroxylation sites is 1. The van der Waals surface area contributed by atoms with E-state index in [2.05, 4.69) is 20.2 Å². The average Bonchev–Trinajstić information content (AvgIpc) is 3.61. The maximum absolute atomic E-state index is 14.0. The molecule has 0 spiro atoms. The number of anilines is 2. The van der Waals surface area contributed by atoms with E-state index in [0.29, 0.717) is 12.3 Å². The second kappa shape index (κ2) is 8.97. The summed E-state index contributed by atoms with van der Waals surface area (Å²) in [4.78, 5) is 29.3. The van der Waals surface area contributed by atoms with Crippen molar-refractivity contribution in [2.75, 3.05) is 23.3 Å². The smallest absolute Gasteiger partial charge is 0.284 e. The molecular weight excluding hydrogens is 492 g/mol. The molecule has 0 radical (unpaired) electrons. The van der Waals surface area contributed by atoms with Crippen LogP contribution in [0.4, 0.5) is 19.6 Å². The Kier molecular flexibility index (Phi) is 5.65. The molecule has 1 amide bonds. The number of aromatic nitrogens is 3. The zero-order valence-corrected chi connectivity index (χ0v) is 20.0. The molecule has 178 valence electrons. The number of halogens is 2. The van der Waals surface area contributed by atoms with Crippen molar-refractivity contribution in [1.82, 2.24) is 15.0 Å². The Balaban J connectivity index is 1.27. The molecule has 7 nitrogen and oxygen atoms in total. The maximum Gasteiger partial charge on any atom is 0.284 e. The van der Waals surface area contributed by atoms with Crippen molar-refractivity contribution in [2.45, 2.75) is 25.7 Å². The Morgan fingerprint density at radius 1 is 1.14 bits per heavy atom. The van der Waals surface area contributed by atoms with Crippen LogP contribution in [-0.4, -0.2) is 33.9 Å². The highest BCUT2D eigenvalue weighted by Gasteiger charge is 2.29. The van der Waals surface area contributed by atoms with E-state index in [1.165, 1.54) is 34.9 Å². The van der Waals surface area contributed by atoms with Gasteiger partial charge in [0.2, 0.25) is 0 Å². The SMILES string of the molecule is O=C(Nc1c(F)cccc1F)c1nc2c(s1)C1=C(CCC2)CCN(c2nc(-c3cnco3)cs2)C1. The number of nitrogens with zero attached hydrogens (tertiary/aromatic N) is 4. The topological polar surface area (TPSA) is 84.2 Å². The highest BCUT2D eigenvalue weighted by atomic mass is 32.1. The van der Waals surface area contributed by atoms with E-state index in [4.69, 9.17) is 9.40 Å². The Bertz CT molecular complexity index is 1420. The van der Waals surface area contributed by atoms with E-state index >= 15 is 0 Å². The molecule has 4 heterocycles. The number of amides is 1. The molecule has 1 aliphatic heterocycles. The van der Waals surface area contributed by atoms with Crippen molar-refractivity contribution in [3.05, 3.63) is 69.0 Å². The van der Waals surface area contributed by atoms with Gasteiger partial charge in [-0.3, -0.25) is 4.79 Å². The minimum Gasteiger partial charge on any atom is -0.442 e. The normalized spacial score (nSPS) is 15.5. The summed E-state index contributed by atoms with van der Waals surface area (Å²) in [5, 5.41) is 5.40. The van der Waals surface area contributed by atoms with Crippen LogP contribution in [0.25, 0.3) is 17.0 Å². The Labute approximate surface area is 207 Å². The maximum atomic E-state index is 14.0. The Morgan fingerprint density at radius 3 is 2.80 bits per heavy atom. The fourth-order valence-corrected chi connectivity index (χ4v) is 6.38. The molecule has 1 N–H and O–H groups in total. The predicted molar refractivity (Wildman–Crippen MR) is 131 cm³/mol. The summed E-state index contributed by atoms with van der Waals surface area (Å²) in [5.41, 5.74) is 3.71. The lowest BCUT2D eigenvalue weighted by Crippen LogP contribution is -2.30. The van der Waals surface area contributed by atoms with Crippen LogP contribution in [0.2, 0.25) is 0 Å². The quantitative estimate of drug-likeness (QED) is 0.374. The average molecular weight is 512 g/mol. The summed E-state index contributed by atoms with van der Waals surface area (Å²) >= 11 is 2.83. The van der Waals surface area contributed by atoms with Crippen LogP contribution in [0.3, 0.4) is 0 Å². The molecule has 1 aromatic carbocycles. The van der Waals surface area contributed by atoms with Crippen molar-refractivity contribution >= 4 is 45.0 Å². The van der Waals surface area contributed by atoms with Crippen molar-refractivity contribution in [3.8, 4) is 11.5 Å². The number of thiazole rings is 2. The van der Waals surface area contributed by atoms with Gasteiger partial charge < -0.3 is 14.6 Å². The van der Waals surface area contributed by atoms with Gasteiger partial charge in [0.05, 0.1) is 16.8 Å². The van der Waals surface area contributed by atoms with Gasteiger partial charge >= 0.3 is 0 Å². The molecule has 11 heteroatoms. The van der Waals surface area contributed by atoms with E-state index < -0.39 is 23.2 Å². The first-order chi connectivity index (χ1) is 17.1. The molecule has 1 aliphatic carbocycles. The number of fused-ring (bicyclic) bond motifs is 2. The highest BCUT2D eigenvalue weighted by Crippen LogP contribution is 2.40. The standard InChI is InChI=1S/C24H19F2N5O2S2/c25-15-4-2-5-16(26)20(15)30-22(32)23-28-17-6-1-3-13-7-8-31(10-14(13)21(17)35-23)24-29-18(11-34-24)19-9-27-12-33-19/h2,4-5,9,11-12H,1,3,6-8,10H2,(H,30,32). The van der Waals surface area contributed by atoms with E-state index in [1.54, 1.807) is 17.5 Å². The Morgan fingerprint density at radius 2 is 2.00 bits per heavy atom. The molecule has 0 atom stereocenters. The number of hydrogen-bond donors (Lipinski definition) is 1. The third-order valence-electron chi connectivity index (χ3n) is 6.17. The van der Waals surface area contributed by atoms with Crippen LogP contribution in [0.5, 0.6) is 0 Å². The van der Waals surface area contributed by atoms with E-state index in [9.17, 15) is 13.6 Å². The lowest BCUT2D eigenvalue weighted by molar-refractivity contribution is 0.102. The number of carbonyl (C=O) groups is 1. The first-order valence-electron chi connectivity index (χ1n) is 11.1. The van der Waals surface area contributed by atoms with Gasteiger partial charge in [0.1, 0.15) is 23.0 Å². The number of nitrogens with one attached hydrogen (secondary N) is 1. The van der Waals surface area contributed by atoms with Crippen molar-refractivity contribution < 1.29 is 18.0 Å². The highest BCUT2D eigenvalue weighted by molar-refractivity contribution is 7.15. The molecule has 35 heavy (non-hydrogen) atoms. The first-order valence-corrected chi connectivity index (χ1v) is 12.8. The zero-order chi connectivity index (χ0) is 23.9. The van der Waals surface area contributed by atoms with E-state index in [-0.39, 0.29) is 5.01 Å². The molecular formula is C24H19F2N5O2S2. The fourth-order valence-electron chi connectivity index (χ4n) is 4.45.